The minimum Gasteiger partial charge on any atom is -0.496 e. The molecule has 0 saturated heterocycles. The van der Waals surface area contributed by atoms with Crippen LogP contribution in [-0.2, 0) is 17.8 Å². The molecule has 0 heterocycles. The number of aliphatic imine (C=N–C) groups is 1. The van der Waals surface area contributed by atoms with Crippen LogP contribution in [-0.4, -0.2) is 45.1 Å². The maximum Gasteiger partial charge on any atom is 0.341 e. The zero-order valence-electron chi connectivity index (χ0n) is 15.7. The number of guanidine groups is 1. The van der Waals surface area contributed by atoms with Crippen LogP contribution in [0.4, 0.5) is 0 Å². The highest BCUT2D eigenvalue weighted by atomic mass is 16.5. The second kappa shape index (κ2) is 9.46. The van der Waals surface area contributed by atoms with Crippen molar-refractivity contribution in [2.24, 2.45) is 4.99 Å². The zero-order chi connectivity index (χ0) is 18.9. The number of nitrogens with zero attached hydrogens (tertiary/aromatic N) is 2. The molecule has 138 valence electrons. The lowest BCUT2D eigenvalue weighted by Gasteiger charge is -2.18. The van der Waals surface area contributed by atoms with Crippen LogP contribution in [0.2, 0.25) is 0 Å². The van der Waals surface area contributed by atoms with E-state index in [4.69, 9.17) is 9.47 Å². The van der Waals surface area contributed by atoms with Gasteiger partial charge in [-0.05, 0) is 23.3 Å². The van der Waals surface area contributed by atoms with Gasteiger partial charge in [0.2, 0.25) is 0 Å². The molecule has 0 unspecified atom stereocenters. The molecule has 0 aliphatic carbocycles. The van der Waals surface area contributed by atoms with Crippen molar-refractivity contribution >= 4 is 11.9 Å². The van der Waals surface area contributed by atoms with Crippen molar-refractivity contribution in [2.45, 2.75) is 13.1 Å². The number of carbonyl (C=O) groups excluding carboxylic acids is 1. The molecule has 0 saturated carbocycles. The van der Waals surface area contributed by atoms with Gasteiger partial charge in [0, 0.05) is 20.6 Å². The van der Waals surface area contributed by atoms with E-state index >= 15 is 0 Å². The quantitative estimate of drug-likeness (QED) is 0.490. The van der Waals surface area contributed by atoms with Crippen molar-refractivity contribution in [1.82, 2.24) is 10.2 Å². The molecule has 6 heteroatoms. The first-order valence-electron chi connectivity index (χ1n) is 8.30. The van der Waals surface area contributed by atoms with E-state index in [0.29, 0.717) is 24.4 Å². The Morgan fingerprint density at radius 2 is 1.81 bits per heavy atom. The highest BCUT2D eigenvalue weighted by Crippen LogP contribution is 2.21. The van der Waals surface area contributed by atoms with E-state index in [9.17, 15) is 4.79 Å². The van der Waals surface area contributed by atoms with Gasteiger partial charge in [-0.1, -0.05) is 36.4 Å². The van der Waals surface area contributed by atoms with Gasteiger partial charge in [-0.3, -0.25) is 0 Å². The highest BCUT2D eigenvalue weighted by molar-refractivity contribution is 5.92. The third kappa shape index (κ3) is 5.24. The Bertz CT molecular complexity index is 758. The Hall–Kier alpha value is -3.02. The van der Waals surface area contributed by atoms with E-state index in [1.54, 1.807) is 12.1 Å². The van der Waals surface area contributed by atoms with Gasteiger partial charge in [0.15, 0.2) is 5.96 Å². The molecule has 26 heavy (non-hydrogen) atoms. The number of hydrogen-bond acceptors (Lipinski definition) is 4. The Kier molecular flexibility index (Phi) is 7.02. The predicted octanol–water partition coefficient (Wildman–Crippen LogP) is 2.69. The first kappa shape index (κ1) is 19.3. The summed E-state index contributed by atoms with van der Waals surface area (Å²) in [6.45, 7) is 1.12. The van der Waals surface area contributed by atoms with Gasteiger partial charge in [-0.25, -0.2) is 9.79 Å². The van der Waals surface area contributed by atoms with Gasteiger partial charge in [0.25, 0.3) is 0 Å². The van der Waals surface area contributed by atoms with Gasteiger partial charge in [-0.15, -0.1) is 0 Å². The highest BCUT2D eigenvalue weighted by Gasteiger charge is 2.13. The number of nitrogens with one attached hydrogen (secondary N) is 1. The van der Waals surface area contributed by atoms with E-state index in [0.717, 1.165) is 11.5 Å². The Morgan fingerprint density at radius 1 is 1.08 bits per heavy atom. The summed E-state index contributed by atoms with van der Waals surface area (Å²) in [5.74, 6) is 0.826. The standard InChI is InChI=1S/C20H25N3O3/c1-23(2)20(21-13-15-8-6-5-7-9-15)22-14-16-10-11-18(25-3)17(12-16)19(24)26-4/h5-12H,13-14H2,1-4H3,(H,21,22). The van der Waals surface area contributed by atoms with E-state index in [1.807, 2.05) is 43.3 Å². The minimum absolute atomic E-state index is 0.395. The Morgan fingerprint density at radius 3 is 2.42 bits per heavy atom. The number of esters is 1. The monoisotopic (exact) mass is 355 g/mol. The number of carbonyl (C=O) groups is 1. The van der Waals surface area contributed by atoms with Crippen molar-refractivity contribution < 1.29 is 14.3 Å². The van der Waals surface area contributed by atoms with Crippen LogP contribution in [0.25, 0.3) is 0 Å². The van der Waals surface area contributed by atoms with Crippen LogP contribution in [0.3, 0.4) is 0 Å². The lowest BCUT2D eigenvalue weighted by molar-refractivity contribution is 0.0597. The molecule has 0 radical (unpaired) electrons. The molecule has 2 aromatic rings. The van der Waals surface area contributed by atoms with Crippen LogP contribution < -0.4 is 10.1 Å². The van der Waals surface area contributed by atoms with Gasteiger partial charge in [0.1, 0.15) is 11.3 Å². The third-order valence-corrected chi connectivity index (χ3v) is 3.80. The minimum atomic E-state index is -0.428. The molecule has 0 spiro atoms. The van der Waals surface area contributed by atoms with Crippen LogP contribution >= 0.6 is 0 Å². The predicted molar refractivity (Wildman–Crippen MR) is 102 cm³/mol. The molecule has 0 fully saturated rings. The topological polar surface area (TPSA) is 63.2 Å². The smallest absolute Gasteiger partial charge is 0.341 e. The number of ether oxygens (including phenoxy) is 2. The largest absolute Gasteiger partial charge is 0.496 e. The first-order valence-corrected chi connectivity index (χ1v) is 8.30. The summed E-state index contributed by atoms with van der Waals surface area (Å²) in [5.41, 5.74) is 2.47. The SMILES string of the molecule is COC(=O)c1cc(CN=C(NCc2ccccc2)N(C)C)ccc1OC. The Balaban J connectivity index is 2.12. The average molecular weight is 355 g/mol. The second-order valence-electron chi connectivity index (χ2n) is 5.90. The summed E-state index contributed by atoms with van der Waals surface area (Å²) in [4.78, 5) is 18.4. The van der Waals surface area contributed by atoms with E-state index in [2.05, 4.69) is 22.4 Å². The number of benzene rings is 2. The lowest BCUT2D eigenvalue weighted by Crippen LogP contribution is -2.36. The fraction of sp³-hybridized carbons (Fsp3) is 0.300. The molecule has 0 amide bonds. The summed E-state index contributed by atoms with van der Waals surface area (Å²) >= 11 is 0. The summed E-state index contributed by atoms with van der Waals surface area (Å²) in [7, 11) is 6.75. The van der Waals surface area contributed by atoms with Gasteiger partial charge < -0.3 is 19.7 Å². The molecule has 0 bridgehead atoms. The van der Waals surface area contributed by atoms with Crippen LogP contribution in [0.5, 0.6) is 5.75 Å². The zero-order valence-corrected chi connectivity index (χ0v) is 15.7. The summed E-state index contributed by atoms with van der Waals surface area (Å²) in [6, 6.07) is 15.5. The second-order valence-corrected chi connectivity index (χ2v) is 5.90. The van der Waals surface area contributed by atoms with Crippen LogP contribution in [0, 0.1) is 0 Å². The molecule has 0 aliphatic rings. The summed E-state index contributed by atoms with van der Waals surface area (Å²) < 4.78 is 10.0. The van der Waals surface area contributed by atoms with Crippen molar-refractivity contribution in [2.75, 3.05) is 28.3 Å². The van der Waals surface area contributed by atoms with Crippen molar-refractivity contribution in [3.05, 3.63) is 65.2 Å². The van der Waals surface area contributed by atoms with Gasteiger partial charge in [0.05, 0.1) is 20.8 Å². The normalized spacial score (nSPS) is 11.0. The maximum absolute atomic E-state index is 11.9. The van der Waals surface area contributed by atoms with Crippen molar-refractivity contribution in [3.8, 4) is 5.75 Å². The summed E-state index contributed by atoms with van der Waals surface area (Å²) in [6.07, 6.45) is 0. The van der Waals surface area contributed by atoms with Crippen molar-refractivity contribution in [1.29, 1.82) is 0 Å². The molecule has 0 aromatic heterocycles. The molecule has 6 nitrogen and oxygen atoms in total. The molecule has 1 N–H and O–H groups in total. The van der Waals surface area contributed by atoms with Gasteiger partial charge in [-0.2, -0.15) is 0 Å². The summed E-state index contributed by atoms with van der Waals surface area (Å²) in [5, 5.41) is 3.34. The van der Waals surface area contributed by atoms with E-state index in [1.165, 1.54) is 19.8 Å². The third-order valence-electron chi connectivity index (χ3n) is 3.80. The van der Waals surface area contributed by atoms with E-state index < -0.39 is 5.97 Å². The fourth-order valence-corrected chi connectivity index (χ4v) is 2.42. The maximum atomic E-state index is 11.9. The molecular weight excluding hydrogens is 330 g/mol. The lowest BCUT2D eigenvalue weighted by atomic mass is 10.1. The Labute approximate surface area is 154 Å². The first-order chi connectivity index (χ1) is 12.5. The van der Waals surface area contributed by atoms with Crippen LogP contribution in [0.1, 0.15) is 21.5 Å². The number of rotatable bonds is 6. The molecule has 2 aromatic carbocycles. The number of hydrogen-bond donors (Lipinski definition) is 1. The van der Waals surface area contributed by atoms with E-state index in [-0.39, 0.29) is 0 Å². The van der Waals surface area contributed by atoms with Crippen LogP contribution in [0.15, 0.2) is 53.5 Å². The molecule has 0 aliphatic heterocycles. The molecule has 0 atom stereocenters. The van der Waals surface area contributed by atoms with Crippen molar-refractivity contribution in [3.63, 3.8) is 0 Å². The average Bonchev–Trinajstić information content (AvgIpc) is 2.67. The fourth-order valence-electron chi connectivity index (χ4n) is 2.42. The van der Waals surface area contributed by atoms with Gasteiger partial charge >= 0.3 is 5.97 Å². The number of methoxy groups -OCH3 is 2. The molecule has 2 rings (SSSR count). The molecular formula is C20H25N3O3.